The predicted octanol–water partition coefficient (Wildman–Crippen LogP) is 2.55. The maximum absolute atomic E-state index is 14.1. The zero-order chi connectivity index (χ0) is 23.6. The number of hydrogen-bond acceptors (Lipinski definition) is 4. The number of carbonyl (C=O) groups excluding carboxylic acids is 1. The van der Waals surface area contributed by atoms with Gasteiger partial charge in [0.1, 0.15) is 0 Å². The first-order valence-electron chi connectivity index (χ1n) is 13.0. The molecule has 186 valence electrons. The highest BCUT2D eigenvalue weighted by Gasteiger charge is 2.61. The van der Waals surface area contributed by atoms with Crippen LogP contribution in [-0.4, -0.2) is 80.3 Å². The highest BCUT2D eigenvalue weighted by atomic mass is 32.2. The van der Waals surface area contributed by atoms with E-state index >= 15 is 0 Å². The van der Waals surface area contributed by atoms with Gasteiger partial charge in [-0.2, -0.15) is 17.0 Å². The largest absolute Gasteiger partial charge is 0.379 e. The first-order chi connectivity index (χ1) is 16.3. The first kappa shape index (κ1) is 23.0. The van der Waals surface area contributed by atoms with Crippen LogP contribution < -0.4 is 0 Å². The van der Waals surface area contributed by atoms with Crippen LogP contribution in [-0.2, 0) is 25.2 Å². The van der Waals surface area contributed by atoms with Crippen molar-refractivity contribution in [3.8, 4) is 0 Å². The van der Waals surface area contributed by atoms with Gasteiger partial charge < -0.3 is 9.64 Å². The lowest BCUT2D eigenvalue weighted by molar-refractivity contribution is -0.161. The highest BCUT2D eigenvalue weighted by molar-refractivity contribution is 7.86. The topological polar surface area (TPSA) is 70.2 Å². The molecule has 0 spiro atoms. The van der Waals surface area contributed by atoms with E-state index in [1.54, 1.807) is 4.31 Å². The zero-order valence-electron chi connectivity index (χ0n) is 20.2. The van der Waals surface area contributed by atoms with Crippen LogP contribution in [0.4, 0.5) is 0 Å². The number of ether oxygens (including phenoxy) is 1. The quantitative estimate of drug-likeness (QED) is 0.655. The standard InChI is InChI=1S/C26H37N3O4S/c1-20-2-4-23(5-3-20)25-15-21-14-22(16-25)18-26(17-21,19-25)24(30)27-6-8-28(9-7-27)34(31,32)29-10-12-33-13-11-29/h2-5,21-22H,6-19H2,1H3. The van der Waals surface area contributed by atoms with Gasteiger partial charge in [-0.3, -0.25) is 4.79 Å². The van der Waals surface area contributed by atoms with Crippen LogP contribution in [0, 0.1) is 24.2 Å². The van der Waals surface area contributed by atoms with Crippen LogP contribution in [0.25, 0.3) is 0 Å². The van der Waals surface area contributed by atoms with Gasteiger partial charge in [-0.15, -0.1) is 0 Å². The summed E-state index contributed by atoms with van der Waals surface area (Å²) in [6.45, 7) is 5.62. The smallest absolute Gasteiger partial charge is 0.282 e. The summed E-state index contributed by atoms with van der Waals surface area (Å²) in [4.78, 5) is 16.1. The van der Waals surface area contributed by atoms with Gasteiger partial charge in [0.25, 0.3) is 10.2 Å². The van der Waals surface area contributed by atoms with E-state index in [-0.39, 0.29) is 10.8 Å². The molecule has 7 nitrogen and oxygen atoms in total. The van der Waals surface area contributed by atoms with Gasteiger partial charge in [0.15, 0.2) is 0 Å². The number of morpholine rings is 1. The molecule has 6 aliphatic rings. The molecule has 1 aromatic carbocycles. The number of piperazine rings is 1. The molecule has 8 heteroatoms. The van der Waals surface area contributed by atoms with Crippen LogP contribution in [0.3, 0.4) is 0 Å². The number of benzene rings is 1. The SMILES string of the molecule is Cc1ccc(C23CC4CC(CC(C(=O)N5CCN(S(=O)(=O)N6CCOCC6)CC5)(C4)C2)C3)cc1. The van der Waals surface area contributed by atoms with Crippen molar-refractivity contribution in [3.63, 3.8) is 0 Å². The number of aryl methyl sites for hydroxylation is 1. The molecule has 0 radical (unpaired) electrons. The van der Waals surface area contributed by atoms with Crippen LogP contribution >= 0.6 is 0 Å². The summed E-state index contributed by atoms with van der Waals surface area (Å²) >= 11 is 0. The van der Waals surface area contributed by atoms with Gasteiger partial charge in [-0.1, -0.05) is 29.8 Å². The normalized spacial score (nSPS) is 36.7. The van der Waals surface area contributed by atoms with Gasteiger partial charge in [0.05, 0.1) is 18.6 Å². The van der Waals surface area contributed by atoms with E-state index in [4.69, 9.17) is 4.74 Å². The molecule has 1 amide bonds. The molecule has 4 bridgehead atoms. The van der Waals surface area contributed by atoms with Crippen LogP contribution in [0.15, 0.2) is 24.3 Å². The van der Waals surface area contributed by atoms with Gasteiger partial charge in [0.2, 0.25) is 5.91 Å². The molecule has 2 unspecified atom stereocenters. The number of hydrogen-bond donors (Lipinski definition) is 0. The average molecular weight is 488 g/mol. The average Bonchev–Trinajstić information content (AvgIpc) is 2.84. The Bertz CT molecular complexity index is 1030. The monoisotopic (exact) mass is 487 g/mol. The lowest BCUT2D eigenvalue weighted by Gasteiger charge is -2.62. The molecule has 7 rings (SSSR count). The third kappa shape index (κ3) is 3.72. The second-order valence-corrected chi connectivity index (χ2v) is 13.5. The van der Waals surface area contributed by atoms with E-state index in [1.807, 2.05) is 4.90 Å². The Morgan fingerprint density at radius 1 is 0.882 bits per heavy atom. The Morgan fingerprint density at radius 3 is 2.09 bits per heavy atom. The van der Waals surface area contributed by atoms with E-state index < -0.39 is 10.2 Å². The number of amides is 1. The fourth-order valence-corrected chi connectivity index (χ4v) is 9.72. The third-order valence-corrected chi connectivity index (χ3v) is 11.4. The lowest BCUT2D eigenvalue weighted by atomic mass is 9.42. The summed E-state index contributed by atoms with van der Waals surface area (Å²) < 4.78 is 34.5. The predicted molar refractivity (Wildman–Crippen MR) is 129 cm³/mol. The van der Waals surface area contributed by atoms with E-state index in [2.05, 4.69) is 31.2 Å². The molecule has 2 heterocycles. The molecule has 6 fully saturated rings. The van der Waals surface area contributed by atoms with Crippen molar-refractivity contribution in [1.29, 1.82) is 0 Å². The lowest BCUT2D eigenvalue weighted by Crippen LogP contribution is -2.62. The van der Waals surface area contributed by atoms with Gasteiger partial charge >= 0.3 is 0 Å². The molecule has 0 aromatic heterocycles. The third-order valence-electron chi connectivity index (χ3n) is 9.33. The minimum absolute atomic E-state index is 0.134. The molecule has 2 aliphatic heterocycles. The summed E-state index contributed by atoms with van der Waals surface area (Å²) in [7, 11) is -3.48. The minimum atomic E-state index is -3.48. The zero-order valence-corrected chi connectivity index (χ0v) is 21.1. The van der Waals surface area contributed by atoms with Crippen molar-refractivity contribution in [2.45, 2.75) is 50.9 Å². The van der Waals surface area contributed by atoms with Crippen LogP contribution in [0.1, 0.15) is 49.7 Å². The Labute approximate surface area is 203 Å². The highest BCUT2D eigenvalue weighted by Crippen LogP contribution is 2.66. The second-order valence-electron chi connectivity index (χ2n) is 11.6. The number of nitrogens with zero attached hydrogens (tertiary/aromatic N) is 3. The summed E-state index contributed by atoms with van der Waals surface area (Å²) in [6, 6.07) is 9.04. The molecule has 2 saturated heterocycles. The van der Waals surface area contributed by atoms with Crippen molar-refractivity contribution in [2.24, 2.45) is 17.3 Å². The molecule has 4 aliphatic carbocycles. The molecule has 34 heavy (non-hydrogen) atoms. The Balaban J connectivity index is 1.18. The first-order valence-corrected chi connectivity index (χ1v) is 14.4. The van der Waals surface area contributed by atoms with Gasteiger partial charge in [-0.05, 0) is 68.3 Å². The summed E-state index contributed by atoms with van der Waals surface area (Å²) in [6.07, 6.45) is 6.69. The summed E-state index contributed by atoms with van der Waals surface area (Å²) in [5.41, 5.74) is 2.57. The molecular weight excluding hydrogens is 450 g/mol. The fourth-order valence-electron chi connectivity index (χ4n) is 8.16. The maximum atomic E-state index is 14.1. The molecule has 4 saturated carbocycles. The molecule has 1 aromatic rings. The van der Waals surface area contributed by atoms with E-state index in [0.717, 1.165) is 19.3 Å². The Morgan fingerprint density at radius 2 is 1.47 bits per heavy atom. The van der Waals surface area contributed by atoms with Gasteiger partial charge in [-0.25, -0.2) is 0 Å². The van der Waals surface area contributed by atoms with Gasteiger partial charge in [0, 0.05) is 39.3 Å². The van der Waals surface area contributed by atoms with Crippen molar-refractivity contribution in [2.75, 3.05) is 52.5 Å². The van der Waals surface area contributed by atoms with Crippen molar-refractivity contribution in [3.05, 3.63) is 35.4 Å². The van der Waals surface area contributed by atoms with Crippen molar-refractivity contribution in [1.82, 2.24) is 13.5 Å². The van der Waals surface area contributed by atoms with E-state index in [9.17, 15) is 13.2 Å². The Hall–Kier alpha value is -1.48. The summed E-state index contributed by atoms with van der Waals surface area (Å²) in [5.74, 6) is 1.56. The Kier molecular flexibility index (Phi) is 5.59. The van der Waals surface area contributed by atoms with E-state index in [1.165, 1.54) is 34.7 Å². The minimum Gasteiger partial charge on any atom is -0.379 e. The summed E-state index contributed by atoms with van der Waals surface area (Å²) in [5, 5.41) is 0. The fraction of sp³-hybridized carbons (Fsp3) is 0.731. The van der Waals surface area contributed by atoms with Crippen molar-refractivity contribution < 1.29 is 17.9 Å². The molecule has 0 N–H and O–H groups in total. The van der Waals surface area contributed by atoms with Crippen molar-refractivity contribution >= 4 is 16.1 Å². The number of rotatable bonds is 4. The van der Waals surface area contributed by atoms with E-state index in [0.29, 0.717) is 70.2 Å². The second kappa shape index (κ2) is 8.29. The maximum Gasteiger partial charge on any atom is 0.282 e. The molecular formula is C26H37N3O4S. The molecule has 2 atom stereocenters. The van der Waals surface area contributed by atoms with Crippen LogP contribution in [0.5, 0.6) is 0 Å². The van der Waals surface area contributed by atoms with Crippen LogP contribution in [0.2, 0.25) is 0 Å². The number of carbonyl (C=O) groups is 1.